The Balaban J connectivity index is 2.40. The van der Waals surface area contributed by atoms with Gasteiger partial charge >= 0.3 is 101 Å². The maximum atomic E-state index is 2.49. The minimum absolute atomic E-state index is 0.391. The molecular weight excluding hydrogens is 247 g/mol. The molecule has 0 aliphatic carbocycles. The summed E-state index contributed by atoms with van der Waals surface area (Å²) in [7, 11) is 0. The standard InChI is InChI=1S/C14H24Se/c1-5-6-7-8-9-12-10-13(15-11-12)14(2,3)4/h10-11H,5-9H2,1-4H3. The fraction of sp³-hybridized carbons (Fsp3) is 0.714. The molecule has 1 heterocycles. The molecule has 0 aliphatic rings. The summed E-state index contributed by atoms with van der Waals surface area (Å²) in [5.74, 6) is 0. The third kappa shape index (κ3) is 4.57. The van der Waals surface area contributed by atoms with Crippen LogP contribution in [0.4, 0.5) is 0 Å². The average molecular weight is 271 g/mol. The van der Waals surface area contributed by atoms with Crippen LogP contribution in [0.3, 0.4) is 0 Å². The zero-order chi connectivity index (χ0) is 11.3. The van der Waals surface area contributed by atoms with Gasteiger partial charge in [0.15, 0.2) is 0 Å². The van der Waals surface area contributed by atoms with Crippen molar-refractivity contribution in [1.82, 2.24) is 0 Å². The first-order valence-electron chi connectivity index (χ1n) is 6.12. The molecule has 0 spiro atoms. The third-order valence-electron chi connectivity index (χ3n) is 2.71. The van der Waals surface area contributed by atoms with E-state index in [0.29, 0.717) is 19.9 Å². The summed E-state index contributed by atoms with van der Waals surface area (Å²) in [5.41, 5.74) is 2.00. The average Bonchev–Trinajstić information content (AvgIpc) is 2.60. The van der Waals surface area contributed by atoms with E-state index in [0.717, 1.165) is 0 Å². The molecule has 15 heavy (non-hydrogen) atoms. The molecule has 1 aromatic rings. The van der Waals surface area contributed by atoms with E-state index in [1.807, 2.05) is 0 Å². The zero-order valence-electron chi connectivity index (χ0n) is 10.6. The van der Waals surface area contributed by atoms with E-state index in [1.54, 1.807) is 10.0 Å². The number of unbranched alkanes of at least 4 members (excludes halogenated alkanes) is 3. The Kier molecular flexibility index (Phi) is 5.15. The Morgan fingerprint density at radius 3 is 2.40 bits per heavy atom. The van der Waals surface area contributed by atoms with Crippen LogP contribution in [0, 0.1) is 0 Å². The van der Waals surface area contributed by atoms with Gasteiger partial charge in [0.05, 0.1) is 0 Å². The van der Waals surface area contributed by atoms with Gasteiger partial charge in [0.1, 0.15) is 0 Å². The first-order valence-corrected chi connectivity index (χ1v) is 7.96. The van der Waals surface area contributed by atoms with Crippen LogP contribution in [0.2, 0.25) is 0 Å². The normalized spacial score (nSPS) is 12.0. The fourth-order valence-corrected chi connectivity index (χ4v) is 3.83. The summed E-state index contributed by atoms with van der Waals surface area (Å²) in [6.07, 6.45) is 6.82. The van der Waals surface area contributed by atoms with Gasteiger partial charge in [-0.2, -0.15) is 0 Å². The first-order chi connectivity index (χ1) is 7.04. The monoisotopic (exact) mass is 272 g/mol. The van der Waals surface area contributed by atoms with Crippen molar-refractivity contribution >= 4 is 14.5 Å². The molecule has 0 unspecified atom stereocenters. The molecule has 0 saturated heterocycles. The van der Waals surface area contributed by atoms with Crippen LogP contribution in [-0.2, 0) is 11.8 Å². The Labute approximate surface area is 101 Å². The molecule has 0 saturated carbocycles. The zero-order valence-corrected chi connectivity index (χ0v) is 12.3. The maximum absolute atomic E-state index is 2.49. The van der Waals surface area contributed by atoms with Crippen LogP contribution in [-0.4, -0.2) is 14.5 Å². The van der Waals surface area contributed by atoms with Crippen LogP contribution >= 0.6 is 0 Å². The summed E-state index contributed by atoms with van der Waals surface area (Å²) in [6.45, 7) is 9.26. The summed E-state index contributed by atoms with van der Waals surface area (Å²) < 4.78 is 1.67. The van der Waals surface area contributed by atoms with Crippen LogP contribution in [0.25, 0.3) is 0 Å². The number of hydrogen-bond acceptors (Lipinski definition) is 0. The first kappa shape index (κ1) is 13.1. The quantitative estimate of drug-likeness (QED) is 0.557. The molecule has 0 atom stereocenters. The van der Waals surface area contributed by atoms with Gasteiger partial charge in [0.25, 0.3) is 0 Å². The Morgan fingerprint density at radius 1 is 1.13 bits per heavy atom. The van der Waals surface area contributed by atoms with E-state index in [-0.39, 0.29) is 0 Å². The van der Waals surface area contributed by atoms with E-state index in [4.69, 9.17) is 0 Å². The third-order valence-corrected chi connectivity index (χ3v) is 5.66. The second-order valence-electron chi connectivity index (χ2n) is 5.38. The van der Waals surface area contributed by atoms with E-state index in [1.165, 1.54) is 32.1 Å². The van der Waals surface area contributed by atoms with Gasteiger partial charge in [-0.1, -0.05) is 0 Å². The van der Waals surface area contributed by atoms with Crippen molar-refractivity contribution in [3.05, 3.63) is 21.0 Å². The molecule has 1 rings (SSSR count). The topological polar surface area (TPSA) is 0 Å². The molecule has 0 bridgehead atoms. The molecule has 1 heteroatoms. The van der Waals surface area contributed by atoms with Gasteiger partial charge in [-0.05, 0) is 0 Å². The van der Waals surface area contributed by atoms with E-state index in [2.05, 4.69) is 38.7 Å². The second kappa shape index (κ2) is 5.91. The van der Waals surface area contributed by atoms with Crippen LogP contribution in [0.15, 0.2) is 11.0 Å². The molecular formula is C14H24Se. The van der Waals surface area contributed by atoms with Crippen molar-refractivity contribution in [3.63, 3.8) is 0 Å². The van der Waals surface area contributed by atoms with Gasteiger partial charge in [0.2, 0.25) is 0 Å². The minimum atomic E-state index is 0.391. The van der Waals surface area contributed by atoms with Gasteiger partial charge < -0.3 is 0 Å². The van der Waals surface area contributed by atoms with Crippen molar-refractivity contribution in [3.8, 4) is 0 Å². The van der Waals surface area contributed by atoms with Crippen LogP contribution in [0.1, 0.15) is 63.4 Å². The van der Waals surface area contributed by atoms with Crippen molar-refractivity contribution in [2.45, 2.75) is 65.2 Å². The van der Waals surface area contributed by atoms with Gasteiger partial charge in [-0.3, -0.25) is 0 Å². The van der Waals surface area contributed by atoms with Gasteiger partial charge in [0, 0.05) is 0 Å². The number of aryl methyl sites for hydroxylation is 1. The van der Waals surface area contributed by atoms with Crippen LogP contribution < -0.4 is 0 Å². The van der Waals surface area contributed by atoms with Crippen molar-refractivity contribution in [2.24, 2.45) is 0 Å². The molecule has 0 radical (unpaired) electrons. The van der Waals surface area contributed by atoms with Gasteiger partial charge in [-0.25, -0.2) is 0 Å². The fourth-order valence-electron chi connectivity index (χ4n) is 1.66. The van der Waals surface area contributed by atoms with E-state index < -0.39 is 0 Å². The molecule has 0 fully saturated rings. The molecule has 86 valence electrons. The Morgan fingerprint density at radius 2 is 1.87 bits per heavy atom. The number of hydrogen-bond donors (Lipinski definition) is 0. The summed E-state index contributed by atoms with van der Waals surface area (Å²) in [4.78, 5) is 2.49. The van der Waals surface area contributed by atoms with Crippen LogP contribution in [0.5, 0.6) is 0 Å². The second-order valence-corrected chi connectivity index (χ2v) is 7.29. The van der Waals surface area contributed by atoms with Crippen molar-refractivity contribution in [2.75, 3.05) is 0 Å². The summed E-state index contributed by atoms with van der Waals surface area (Å²) >= 11 is 0.637. The SMILES string of the molecule is CCCCCCc1c[se]c(C(C)(C)C)c1. The Hall–Kier alpha value is -0.000519. The van der Waals surface area contributed by atoms with Gasteiger partial charge in [-0.15, -0.1) is 0 Å². The molecule has 0 aliphatic heterocycles. The molecule has 1 aromatic heterocycles. The van der Waals surface area contributed by atoms with Crippen molar-refractivity contribution in [1.29, 1.82) is 0 Å². The molecule has 0 aromatic carbocycles. The van der Waals surface area contributed by atoms with E-state index >= 15 is 0 Å². The molecule has 0 nitrogen and oxygen atoms in total. The predicted molar refractivity (Wildman–Crippen MR) is 69.9 cm³/mol. The van der Waals surface area contributed by atoms with E-state index in [9.17, 15) is 0 Å². The Bertz CT molecular complexity index is 278. The van der Waals surface area contributed by atoms with Crippen molar-refractivity contribution < 1.29 is 0 Å². The molecule has 0 amide bonds. The summed E-state index contributed by atoms with van der Waals surface area (Å²) in [5, 5.41) is 0. The molecule has 0 N–H and O–H groups in total. The predicted octanol–water partition coefficient (Wildman–Crippen LogP) is 4.16. The summed E-state index contributed by atoms with van der Waals surface area (Å²) in [6, 6.07) is 2.46. The number of rotatable bonds is 5.